The Morgan fingerprint density at radius 3 is 2.04 bits per heavy atom. The highest BCUT2D eigenvalue weighted by Gasteiger charge is 2.44. The molecule has 0 aromatic heterocycles. The fourth-order valence-electron chi connectivity index (χ4n) is 2.84. The van der Waals surface area contributed by atoms with Crippen LogP contribution in [-0.4, -0.2) is 25.3 Å². The van der Waals surface area contributed by atoms with E-state index in [9.17, 15) is 22.5 Å². The van der Waals surface area contributed by atoms with Crippen molar-refractivity contribution in [2.24, 2.45) is 0 Å². The van der Waals surface area contributed by atoms with E-state index in [1.807, 2.05) is 0 Å². The molecule has 0 radical (unpaired) electrons. The molecule has 0 bridgehead atoms. The molecule has 0 unspecified atom stereocenters. The molecule has 1 aliphatic rings. The van der Waals surface area contributed by atoms with Crippen LogP contribution in [0.4, 0.5) is 13.2 Å². The summed E-state index contributed by atoms with van der Waals surface area (Å²) >= 11 is 0. The number of benzene rings is 1. The summed E-state index contributed by atoms with van der Waals surface area (Å²) in [5.41, 5.74) is -1.25. The van der Waals surface area contributed by atoms with Gasteiger partial charge < -0.3 is 13.8 Å². The molecule has 0 spiro atoms. The van der Waals surface area contributed by atoms with E-state index in [2.05, 4.69) is 0 Å². The second-order valence-electron chi connectivity index (χ2n) is 6.00. The summed E-state index contributed by atoms with van der Waals surface area (Å²) in [4.78, 5) is 12.3. The average Bonchev–Trinajstić information content (AvgIpc) is 2.50. The highest BCUT2D eigenvalue weighted by atomic mass is 31.2. The third-order valence-electron chi connectivity index (χ3n) is 4.18. The zero-order valence-corrected chi connectivity index (χ0v) is 15.6. The fourth-order valence-corrected chi connectivity index (χ4v) is 4.27. The molecule has 5 nitrogen and oxygen atoms in total. The fraction of sp³-hybridized carbons (Fsp3) is 0.588. The smallest absolute Gasteiger partial charge is 0.416 e. The van der Waals surface area contributed by atoms with E-state index in [4.69, 9.17) is 13.8 Å². The topological polar surface area (TPSA) is 61.8 Å². The van der Waals surface area contributed by atoms with E-state index in [-0.39, 0.29) is 13.2 Å². The summed E-state index contributed by atoms with van der Waals surface area (Å²) in [6.45, 7) is 3.50. The second kappa shape index (κ2) is 8.11. The Labute approximate surface area is 150 Å². The second-order valence-corrected chi connectivity index (χ2v) is 8.06. The van der Waals surface area contributed by atoms with Crippen LogP contribution in [0.25, 0.3) is 0 Å². The molecule has 0 N–H and O–H groups in total. The zero-order chi connectivity index (χ0) is 19.4. The van der Waals surface area contributed by atoms with Crippen LogP contribution in [0.15, 0.2) is 24.3 Å². The molecular formula is C17H22F3O5P. The third kappa shape index (κ3) is 4.87. The summed E-state index contributed by atoms with van der Waals surface area (Å²) in [5, 5.41) is 0. The van der Waals surface area contributed by atoms with Crippen molar-refractivity contribution in [3.8, 4) is 0 Å². The molecule has 1 aromatic carbocycles. The highest BCUT2D eigenvalue weighted by Crippen LogP contribution is 2.50. The van der Waals surface area contributed by atoms with E-state index < -0.39 is 37.1 Å². The van der Waals surface area contributed by atoms with Crippen molar-refractivity contribution in [3.63, 3.8) is 0 Å². The molecule has 1 saturated carbocycles. The van der Waals surface area contributed by atoms with Crippen LogP contribution in [0.1, 0.15) is 44.2 Å². The molecular weight excluding hydrogens is 372 g/mol. The van der Waals surface area contributed by atoms with Gasteiger partial charge >= 0.3 is 19.7 Å². The first-order valence-electron chi connectivity index (χ1n) is 8.42. The van der Waals surface area contributed by atoms with Crippen LogP contribution in [-0.2, 0) is 34.9 Å². The maximum Gasteiger partial charge on any atom is 0.416 e. The summed E-state index contributed by atoms with van der Waals surface area (Å²) in [6.07, 6.45) is -3.18. The SMILES string of the molecule is CCOP(=O)(CC(=O)OC1(c2ccc(C(F)(F)F)cc2)CCC1)OCC. The lowest BCUT2D eigenvalue weighted by Gasteiger charge is -2.41. The van der Waals surface area contributed by atoms with Crippen LogP contribution >= 0.6 is 7.60 Å². The minimum atomic E-state index is -4.43. The first-order valence-corrected chi connectivity index (χ1v) is 10.1. The number of halogens is 3. The van der Waals surface area contributed by atoms with Gasteiger partial charge in [0.25, 0.3) is 0 Å². The maximum atomic E-state index is 12.7. The van der Waals surface area contributed by atoms with Gasteiger partial charge in [0, 0.05) is 0 Å². The number of alkyl halides is 3. The number of esters is 1. The molecule has 2 rings (SSSR count). The molecule has 1 fully saturated rings. The number of rotatable bonds is 8. The quantitative estimate of drug-likeness (QED) is 0.464. The predicted molar refractivity (Wildman–Crippen MR) is 88.8 cm³/mol. The van der Waals surface area contributed by atoms with E-state index in [1.54, 1.807) is 13.8 Å². The molecule has 0 amide bonds. The lowest BCUT2D eigenvalue weighted by Crippen LogP contribution is -2.40. The van der Waals surface area contributed by atoms with Gasteiger partial charge in [-0.1, -0.05) is 12.1 Å². The van der Waals surface area contributed by atoms with Crippen molar-refractivity contribution in [1.29, 1.82) is 0 Å². The van der Waals surface area contributed by atoms with Crippen molar-refractivity contribution in [2.75, 3.05) is 19.4 Å². The zero-order valence-electron chi connectivity index (χ0n) is 14.7. The first-order chi connectivity index (χ1) is 12.1. The maximum absolute atomic E-state index is 12.7. The Kier molecular flexibility index (Phi) is 6.53. The van der Waals surface area contributed by atoms with Crippen molar-refractivity contribution in [2.45, 2.75) is 44.9 Å². The van der Waals surface area contributed by atoms with Gasteiger partial charge in [-0.25, -0.2) is 0 Å². The predicted octanol–water partition coefficient (Wildman–Crippen LogP) is 4.89. The Morgan fingerprint density at radius 1 is 1.12 bits per heavy atom. The van der Waals surface area contributed by atoms with Gasteiger partial charge in [0.15, 0.2) is 0 Å². The van der Waals surface area contributed by atoms with Gasteiger partial charge in [0.2, 0.25) is 0 Å². The summed E-state index contributed by atoms with van der Waals surface area (Å²) in [7, 11) is -3.59. The van der Waals surface area contributed by atoms with Gasteiger partial charge in [0.05, 0.1) is 18.8 Å². The van der Waals surface area contributed by atoms with Gasteiger partial charge in [-0.15, -0.1) is 0 Å². The number of hydrogen-bond donors (Lipinski definition) is 0. The Balaban J connectivity index is 2.12. The van der Waals surface area contributed by atoms with Crippen molar-refractivity contribution in [3.05, 3.63) is 35.4 Å². The molecule has 0 atom stereocenters. The monoisotopic (exact) mass is 394 g/mol. The van der Waals surface area contributed by atoms with E-state index in [0.29, 0.717) is 18.4 Å². The Bertz CT molecular complexity index is 658. The normalized spacial score (nSPS) is 16.8. The molecule has 1 aromatic rings. The average molecular weight is 394 g/mol. The van der Waals surface area contributed by atoms with Gasteiger partial charge in [-0.3, -0.25) is 9.36 Å². The molecule has 0 heterocycles. The Morgan fingerprint density at radius 2 is 1.65 bits per heavy atom. The number of ether oxygens (including phenoxy) is 1. The minimum absolute atomic E-state index is 0.120. The first kappa shape index (κ1) is 20.9. The molecule has 9 heteroatoms. The molecule has 0 aliphatic heterocycles. The molecule has 1 aliphatic carbocycles. The van der Waals surface area contributed by atoms with E-state index >= 15 is 0 Å². The lowest BCUT2D eigenvalue weighted by atomic mass is 9.74. The third-order valence-corrected chi connectivity index (χ3v) is 6.13. The van der Waals surface area contributed by atoms with Crippen molar-refractivity contribution < 1.29 is 36.3 Å². The van der Waals surface area contributed by atoms with E-state index in [0.717, 1.165) is 18.6 Å². The molecule has 146 valence electrons. The van der Waals surface area contributed by atoms with Crippen molar-refractivity contribution in [1.82, 2.24) is 0 Å². The minimum Gasteiger partial charge on any atom is -0.454 e. The van der Waals surface area contributed by atoms with E-state index in [1.165, 1.54) is 12.1 Å². The van der Waals surface area contributed by atoms with Crippen LogP contribution in [0.5, 0.6) is 0 Å². The molecule has 0 saturated heterocycles. The summed E-state index contributed by atoms with van der Waals surface area (Å²) in [5.74, 6) is -0.755. The van der Waals surface area contributed by atoms with Crippen molar-refractivity contribution >= 4 is 13.6 Å². The van der Waals surface area contributed by atoms with Gasteiger partial charge in [0.1, 0.15) is 11.8 Å². The number of carbonyl (C=O) groups excluding carboxylic acids is 1. The molecule has 26 heavy (non-hydrogen) atoms. The number of carbonyl (C=O) groups is 1. The highest BCUT2D eigenvalue weighted by molar-refractivity contribution is 7.54. The summed E-state index contributed by atoms with van der Waals surface area (Å²) in [6, 6.07) is 4.57. The largest absolute Gasteiger partial charge is 0.454 e. The lowest BCUT2D eigenvalue weighted by molar-refractivity contribution is -0.168. The summed E-state index contributed by atoms with van der Waals surface area (Å²) < 4.78 is 66.2. The van der Waals surface area contributed by atoms with Gasteiger partial charge in [-0.2, -0.15) is 13.2 Å². The van der Waals surface area contributed by atoms with Gasteiger partial charge in [-0.05, 0) is 50.8 Å². The van der Waals surface area contributed by atoms with Crippen LogP contribution < -0.4 is 0 Å². The Hall–Kier alpha value is -1.37. The van der Waals surface area contributed by atoms with Crippen LogP contribution in [0.3, 0.4) is 0 Å². The number of hydrogen-bond acceptors (Lipinski definition) is 5. The van der Waals surface area contributed by atoms with Crippen LogP contribution in [0, 0.1) is 0 Å². The van der Waals surface area contributed by atoms with Crippen LogP contribution in [0.2, 0.25) is 0 Å². The standard InChI is InChI=1S/C17H22F3O5P/c1-3-23-26(22,24-4-2)12-15(21)25-16(10-5-11-16)13-6-8-14(9-7-13)17(18,19)20/h6-9H,3-5,10-12H2,1-2H3.